The van der Waals surface area contributed by atoms with Gasteiger partial charge in [0.25, 0.3) is 0 Å². The second kappa shape index (κ2) is 7.31. The molecule has 1 aliphatic carbocycles. The Balaban J connectivity index is 2.14. The van der Waals surface area contributed by atoms with Gasteiger partial charge in [-0.2, -0.15) is 0 Å². The number of rotatable bonds is 5. The number of primary amides is 1. The minimum absolute atomic E-state index is 0.0175. The molecule has 116 valence electrons. The fraction of sp³-hybridized carbons (Fsp3) is 0.562. The van der Waals surface area contributed by atoms with E-state index in [1.807, 2.05) is 0 Å². The second-order valence-corrected chi connectivity index (χ2v) is 5.62. The highest BCUT2D eigenvalue weighted by atomic mass is 16.5. The smallest absolute Gasteiger partial charge is 0.239 e. The molecule has 2 rings (SSSR count). The van der Waals surface area contributed by atoms with E-state index in [-0.39, 0.29) is 5.75 Å². The maximum atomic E-state index is 11.8. The summed E-state index contributed by atoms with van der Waals surface area (Å²) in [5.74, 6) is -0.0239. The van der Waals surface area contributed by atoms with E-state index in [2.05, 4.69) is 5.32 Å². The van der Waals surface area contributed by atoms with Crippen LogP contribution in [0, 0.1) is 0 Å². The van der Waals surface area contributed by atoms with Crippen LogP contribution in [0.3, 0.4) is 0 Å². The molecule has 1 atom stereocenters. The molecule has 1 fully saturated rings. The fourth-order valence-corrected chi connectivity index (χ4v) is 2.91. The van der Waals surface area contributed by atoms with Gasteiger partial charge < -0.3 is 15.6 Å². The molecule has 1 unspecified atom stereocenters. The van der Waals surface area contributed by atoms with E-state index in [0.29, 0.717) is 17.4 Å². The Kier molecular flexibility index (Phi) is 5.44. The van der Waals surface area contributed by atoms with E-state index < -0.39 is 11.9 Å². The zero-order valence-corrected chi connectivity index (χ0v) is 12.5. The van der Waals surface area contributed by atoms with Crippen LogP contribution in [-0.2, 0) is 4.79 Å². The molecule has 0 bridgehead atoms. The van der Waals surface area contributed by atoms with Crippen LogP contribution < -0.4 is 15.8 Å². The van der Waals surface area contributed by atoms with Gasteiger partial charge in [0, 0.05) is 6.04 Å². The van der Waals surface area contributed by atoms with Crippen molar-refractivity contribution in [3.63, 3.8) is 0 Å². The molecule has 0 aliphatic heterocycles. The number of ether oxygens (including phenoxy) is 1. The SMILES string of the molecule is COc1ccc(C(NC2CCCCCC2)C(N)=O)cc1O. The van der Waals surface area contributed by atoms with E-state index in [1.165, 1.54) is 38.9 Å². The van der Waals surface area contributed by atoms with Gasteiger partial charge in [-0.3, -0.25) is 10.1 Å². The van der Waals surface area contributed by atoms with Crippen LogP contribution in [0.4, 0.5) is 0 Å². The topological polar surface area (TPSA) is 84.6 Å². The van der Waals surface area contributed by atoms with E-state index in [4.69, 9.17) is 10.5 Å². The van der Waals surface area contributed by atoms with E-state index in [0.717, 1.165) is 12.8 Å². The zero-order chi connectivity index (χ0) is 15.2. The van der Waals surface area contributed by atoms with Crippen molar-refractivity contribution in [2.75, 3.05) is 7.11 Å². The summed E-state index contributed by atoms with van der Waals surface area (Å²) in [6.45, 7) is 0. The summed E-state index contributed by atoms with van der Waals surface area (Å²) in [5.41, 5.74) is 6.20. The lowest BCUT2D eigenvalue weighted by molar-refractivity contribution is -0.120. The van der Waals surface area contributed by atoms with Crippen LogP contribution in [0.5, 0.6) is 11.5 Å². The molecule has 5 nitrogen and oxygen atoms in total. The number of carbonyl (C=O) groups excluding carboxylic acids is 1. The van der Waals surface area contributed by atoms with Gasteiger partial charge in [0.05, 0.1) is 7.11 Å². The average molecular weight is 292 g/mol. The van der Waals surface area contributed by atoms with Crippen molar-refractivity contribution in [3.8, 4) is 11.5 Å². The number of benzene rings is 1. The number of phenols is 1. The molecule has 21 heavy (non-hydrogen) atoms. The summed E-state index contributed by atoms with van der Waals surface area (Å²) >= 11 is 0. The van der Waals surface area contributed by atoms with Crippen LogP contribution in [0.2, 0.25) is 0 Å². The van der Waals surface area contributed by atoms with Gasteiger partial charge in [-0.05, 0) is 30.5 Å². The van der Waals surface area contributed by atoms with Crippen LogP contribution in [-0.4, -0.2) is 24.2 Å². The Labute approximate surface area is 125 Å². The number of nitrogens with two attached hydrogens (primary N) is 1. The van der Waals surface area contributed by atoms with Gasteiger partial charge in [0.15, 0.2) is 11.5 Å². The van der Waals surface area contributed by atoms with Crippen molar-refractivity contribution in [2.24, 2.45) is 5.73 Å². The number of nitrogens with one attached hydrogen (secondary N) is 1. The zero-order valence-electron chi connectivity index (χ0n) is 12.5. The number of hydrogen-bond acceptors (Lipinski definition) is 4. The highest BCUT2D eigenvalue weighted by Crippen LogP contribution is 2.29. The Morgan fingerprint density at radius 2 is 2.00 bits per heavy atom. The molecule has 0 radical (unpaired) electrons. The summed E-state index contributed by atoms with van der Waals surface area (Å²) < 4.78 is 5.02. The summed E-state index contributed by atoms with van der Waals surface area (Å²) in [7, 11) is 1.49. The largest absolute Gasteiger partial charge is 0.504 e. The van der Waals surface area contributed by atoms with Crippen LogP contribution in [0.25, 0.3) is 0 Å². The Bertz CT molecular complexity index is 482. The molecule has 1 aliphatic rings. The van der Waals surface area contributed by atoms with Gasteiger partial charge in [-0.25, -0.2) is 0 Å². The summed E-state index contributed by atoms with van der Waals surface area (Å²) in [5, 5.41) is 13.2. The molecule has 4 N–H and O–H groups in total. The number of methoxy groups -OCH3 is 1. The molecule has 1 aromatic carbocycles. The number of amides is 1. The second-order valence-electron chi connectivity index (χ2n) is 5.62. The number of phenolic OH excluding ortho intramolecular Hbond substituents is 1. The van der Waals surface area contributed by atoms with Crippen molar-refractivity contribution in [1.29, 1.82) is 0 Å². The average Bonchev–Trinajstić information content (AvgIpc) is 2.73. The monoisotopic (exact) mass is 292 g/mol. The molecular formula is C16H24N2O3. The predicted molar refractivity (Wildman–Crippen MR) is 81.2 cm³/mol. The summed E-state index contributed by atoms with van der Waals surface area (Å²) in [4.78, 5) is 11.8. The molecular weight excluding hydrogens is 268 g/mol. The highest BCUT2D eigenvalue weighted by molar-refractivity contribution is 5.81. The van der Waals surface area contributed by atoms with Crippen LogP contribution >= 0.6 is 0 Å². The lowest BCUT2D eigenvalue weighted by atomic mass is 10.0. The third-order valence-electron chi connectivity index (χ3n) is 4.08. The number of aromatic hydroxyl groups is 1. The van der Waals surface area contributed by atoms with Crippen LogP contribution in [0.15, 0.2) is 18.2 Å². The van der Waals surface area contributed by atoms with Crippen molar-refractivity contribution < 1.29 is 14.6 Å². The first-order valence-corrected chi connectivity index (χ1v) is 7.54. The first-order valence-electron chi connectivity index (χ1n) is 7.54. The molecule has 5 heteroatoms. The van der Waals surface area contributed by atoms with Crippen molar-refractivity contribution in [3.05, 3.63) is 23.8 Å². The molecule has 1 saturated carbocycles. The van der Waals surface area contributed by atoms with Gasteiger partial charge in [-0.15, -0.1) is 0 Å². The Hall–Kier alpha value is -1.75. The molecule has 0 saturated heterocycles. The minimum Gasteiger partial charge on any atom is -0.504 e. The normalized spacial score (nSPS) is 18.0. The quantitative estimate of drug-likeness (QED) is 0.727. The molecule has 0 heterocycles. The van der Waals surface area contributed by atoms with Crippen LogP contribution in [0.1, 0.15) is 50.1 Å². The Morgan fingerprint density at radius 3 is 2.52 bits per heavy atom. The third kappa shape index (κ3) is 4.11. The first-order chi connectivity index (χ1) is 10.1. The summed E-state index contributed by atoms with van der Waals surface area (Å²) in [6.07, 6.45) is 6.98. The fourth-order valence-electron chi connectivity index (χ4n) is 2.91. The number of carbonyl (C=O) groups is 1. The molecule has 0 aromatic heterocycles. The van der Waals surface area contributed by atoms with Crippen molar-refractivity contribution in [2.45, 2.75) is 50.6 Å². The third-order valence-corrected chi connectivity index (χ3v) is 4.08. The van der Waals surface area contributed by atoms with Crippen molar-refractivity contribution in [1.82, 2.24) is 5.32 Å². The van der Waals surface area contributed by atoms with Gasteiger partial charge in [0.2, 0.25) is 5.91 Å². The maximum Gasteiger partial charge on any atom is 0.239 e. The molecule has 1 amide bonds. The predicted octanol–water partition coefficient (Wildman–Crippen LogP) is 2.24. The molecule has 1 aromatic rings. The maximum absolute atomic E-state index is 11.8. The van der Waals surface area contributed by atoms with E-state index in [9.17, 15) is 9.90 Å². The van der Waals surface area contributed by atoms with Gasteiger partial charge >= 0.3 is 0 Å². The minimum atomic E-state index is -0.579. The first kappa shape index (κ1) is 15.6. The summed E-state index contributed by atoms with van der Waals surface area (Å²) in [6, 6.07) is 4.67. The highest BCUT2D eigenvalue weighted by Gasteiger charge is 2.23. The van der Waals surface area contributed by atoms with E-state index in [1.54, 1.807) is 12.1 Å². The molecule has 0 spiro atoms. The van der Waals surface area contributed by atoms with E-state index >= 15 is 0 Å². The van der Waals surface area contributed by atoms with Crippen molar-refractivity contribution >= 4 is 5.91 Å². The standard InChI is InChI=1S/C16H24N2O3/c1-21-14-9-8-11(10-13(14)19)15(16(17)20)18-12-6-4-2-3-5-7-12/h8-10,12,15,18-19H,2-7H2,1H3,(H2,17,20). The van der Waals surface area contributed by atoms with Gasteiger partial charge in [-0.1, -0.05) is 31.7 Å². The number of hydrogen-bond donors (Lipinski definition) is 3. The van der Waals surface area contributed by atoms with Gasteiger partial charge in [0.1, 0.15) is 6.04 Å². The lowest BCUT2D eigenvalue weighted by Gasteiger charge is -2.23. The Morgan fingerprint density at radius 1 is 1.33 bits per heavy atom. The lowest BCUT2D eigenvalue weighted by Crippen LogP contribution is -2.39.